The van der Waals surface area contributed by atoms with E-state index in [9.17, 15) is 0 Å². The van der Waals surface area contributed by atoms with Crippen molar-refractivity contribution < 1.29 is 0 Å². The summed E-state index contributed by atoms with van der Waals surface area (Å²) in [5.41, 5.74) is 7.79. The summed E-state index contributed by atoms with van der Waals surface area (Å²) in [6, 6.07) is 4.70. The topological polar surface area (TPSA) is 25.8 Å². The molecule has 5 rings (SSSR count). The number of nitrogens with zero attached hydrogens (tertiary/aromatic N) is 2. The highest BCUT2D eigenvalue weighted by Gasteiger charge is 2.22. The fourth-order valence-electron chi connectivity index (χ4n) is 7.14. The van der Waals surface area contributed by atoms with Crippen molar-refractivity contribution >= 4 is 97.6 Å². The molecule has 8 heteroatoms. The Labute approximate surface area is 335 Å². The lowest BCUT2D eigenvalue weighted by Gasteiger charge is -2.03. The van der Waals surface area contributed by atoms with Crippen molar-refractivity contribution in [3.8, 4) is 19.8 Å². The molecule has 0 unspecified atom stereocenters. The summed E-state index contributed by atoms with van der Waals surface area (Å²) in [7, 11) is 0. The third-order valence-corrected chi connectivity index (χ3v) is 16.2. The molecule has 0 spiro atoms. The number of rotatable bonds is 24. The Bertz CT molecular complexity index is 1630. The molecular weight excluding hydrogens is 821 g/mol. The van der Waals surface area contributed by atoms with Crippen LogP contribution in [0.4, 0.5) is 0 Å². The van der Waals surface area contributed by atoms with Crippen molar-refractivity contribution in [1.82, 2.24) is 9.97 Å². The van der Waals surface area contributed by atoms with E-state index in [1.54, 1.807) is 0 Å². The Kier molecular flexibility index (Phi) is 17.3. The second kappa shape index (κ2) is 21.3. The van der Waals surface area contributed by atoms with E-state index in [1.165, 1.54) is 187 Å². The number of hydrogen-bond acceptors (Lipinski definition) is 6. The number of unbranched alkanes of at least 4 members (excludes halogenated alkanes) is 18. The Balaban J connectivity index is 1.24. The Morgan fingerprint density at radius 1 is 0.460 bits per heavy atom. The molecule has 4 heterocycles. The summed E-state index contributed by atoms with van der Waals surface area (Å²) < 4.78 is 5.04. The van der Waals surface area contributed by atoms with Crippen LogP contribution in [0.1, 0.15) is 165 Å². The first-order valence-electron chi connectivity index (χ1n) is 19.7. The monoisotopic (exact) mass is 876 g/mol. The van der Waals surface area contributed by atoms with Gasteiger partial charge < -0.3 is 0 Å². The van der Waals surface area contributed by atoms with E-state index in [0.29, 0.717) is 0 Å². The number of halogens is 2. The predicted molar refractivity (Wildman–Crippen MR) is 235 cm³/mol. The van der Waals surface area contributed by atoms with Crippen LogP contribution in [0, 0.1) is 13.8 Å². The van der Waals surface area contributed by atoms with Crippen LogP contribution in [0.3, 0.4) is 0 Å². The van der Waals surface area contributed by atoms with Crippen LogP contribution >= 0.6 is 77.2 Å². The number of aromatic nitrogens is 2. The number of thiophene rings is 2. The van der Waals surface area contributed by atoms with Gasteiger partial charge in [-0.15, -0.1) is 45.3 Å². The van der Waals surface area contributed by atoms with Crippen LogP contribution in [0.25, 0.3) is 40.2 Å². The highest BCUT2D eigenvalue weighted by atomic mass is 79.9. The molecular formula is C42H58Br2N2S4. The lowest BCUT2D eigenvalue weighted by atomic mass is 10.0. The molecule has 0 bridgehead atoms. The minimum absolute atomic E-state index is 1.14. The average Bonchev–Trinajstić information content (AvgIpc) is 3.90. The summed E-state index contributed by atoms with van der Waals surface area (Å²) in [6.45, 7) is 9.08. The molecule has 4 aromatic heterocycles. The van der Waals surface area contributed by atoms with Crippen molar-refractivity contribution in [1.29, 1.82) is 0 Å². The van der Waals surface area contributed by atoms with Gasteiger partial charge in [0.25, 0.3) is 0 Å². The minimum atomic E-state index is 1.14. The maximum absolute atomic E-state index is 5.34. The highest BCUT2D eigenvalue weighted by Crippen LogP contribution is 2.47. The third kappa shape index (κ3) is 11.2. The van der Waals surface area contributed by atoms with Gasteiger partial charge in [-0.25, -0.2) is 9.97 Å². The molecule has 0 fully saturated rings. The quantitative estimate of drug-likeness (QED) is 0.0577. The smallest absolute Gasteiger partial charge is 0.135 e. The molecule has 0 amide bonds. The second-order valence-corrected chi connectivity index (χ2v) is 21.2. The predicted octanol–water partition coefficient (Wildman–Crippen LogP) is 17.4. The second-order valence-electron chi connectivity index (χ2n) is 14.3. The van der Waals surface area contributed by atoms with Crippen LogP contribution in [0.5, 0.6) is 0 Å². The van der Waals surface area contributed by atoms with Gasteiger partial charge in [-0.2, -0.15) is 0 Å². The van der Waals surface area contributed by atoms with Gasteiger partial charge in [-0.1, -0.05) is 129 Å². The number of benzene rings is 1. The summed E-state index contributed by atoms with van der Waals surface area (Å²) >= 11 is 15.1. The Morgan fingerprint density at radius 3 is 1.12 bits per heavy atom. The molecule has 274 valence electrons. The van der Waals surface area contributed by atoms with Crippen molar-refractivity contribution in [2.75, 3.05) is 0 Å². The number of thiazole rings is 2. The zero-order valence-corrected chi connectivity index (χ0v) is 37.4. The van der Waals surface area contributed by atoms with E-state index in [2.05, 4.69) is 71.7 Å². The zero-order chi connectivity index (χ0) is 35.3. The van der Waals surface area contributed by atoms with Gasteiger partial charge in [-0.3, -0.25) is 0 Å². The fraction of sp³-hybridized carbons (Fsp3) is 0.619. The molecule has 0 aliphatic carbocycles. The van der Waals surface area contributed by atoms with Crippen LogP contribution in [0.15, 0.2) is 19.7 Å². The molecule has 0 N–H and O–H groups in total. The first-order chi connectivity index (χ1) is 24.4. The van der Waals surface area contributed by atoms with Gasteiger partial charge in [0.1, 0.15) is 10.0 Å². The van der Waals surface area contributed by atoms with E-state index in [1.807, 2.05) is 45.3 Å². The van der Waals surface area contributed by atoms with E-state index < -0.39 is 0 Å². The summed E-state index contributed by atoms with van der Waals surface area (Å²) in [4.78, 5) is 13.4. The normalized spacial score (nSPS) is 12.0. The molecule has 0 saturated carbocycles. The SMILES string of the molecule is CCCCCCCCCCCCc1cc(Br)sc1-c1nc2c(C)c(C)c3nc(-c4sc(Br)cc4CCCCCCCCCCCC)sc3c2s1. The lowest BCUT2D eigenvalue weighted by Crippen LogP contribution is -1.88. The highest BCUT2D eigenvalue weighted by molar-refractivity contribution is 9.11. The third-order valence-electron chi connectivity index (χ3n) is 10.3. The maximum Gasteiger partial charge on any atom is 0.135 e. The van der Waals surface area contributed by atoms with E-state index in [-0.39, 0.29) is 0 Å². The zero-order valence-electron chi connectivity index (χ0n) is 31.0. The molecule has 0 aliphatic heterocycles. The lowest BCUT2D eigenvalue weighted by molar-refractivity contribution is 0.556. The largest absolute Gasteiger partial charge is 0.235 e. The molecule has 0 atom stereocenters. The number of aryl methyl sites for hydroxylation is 4. The van der Waals surface area contributed by atoms with Crippen LogP contribution in [0.2, 0.25) is 0 Å². The van der Waals surface area contributed by atoms with Crippen LogP contribution in [-0.2, 0) is 12.8 Å². The summed E-state index contributed by atoms with van der Waals surface area (Å²) in [5.74, 6) is 0. The van der Waals surface area contributed by atoms with Gasteiger partial charge in [-0.05, 0) is 106 Å². The maximum atomic E-state index is 5.34. The van der Waals surface area contributed by atoms with Gasteiger partial charge in [0, 0.05) is 0 Å². The van der Waals surface area contributed by atoms with Gasteiger partial charge >= 0.3 is 0 Å². The Morgan fingerprint density at radius 2 is 0.780 bits per heavy atom. The molecule has 0 saturated heterocycles. The van der Waals surface area contributed by atoms with Gasteiger partial charge in [0.2, 0.25) is 0 Å². The van der Waals surface area contributed by atoms with Crippen molar-refractivity contribution in [2.24, 2.45) is 0 Å². The van der Waals surface area contributed by atoms with Crippen LogP contribution < -0.4 is 0 Å². The van der Waals surface area contributed by atoms with Crippen molar-refractivity contribution in [3.63, 3.8) is 0 Å². The van der Waals surface area contributed by atoms with Gasteiger partial charge in [0.05, 0.1) is 37.8 Å². The number of hydrogen-bond donors (Lipinski definition) is 0. The molecule has 50 heavy (non-hydrogen) atoms. The van der Waals surface area contributed by atoms with E-state index >= 15 is 0 Å². The summed E-state index contributed by atoms with van der Waals surface area (Å²) in [5, 5.41) is 2.34. The van der Waals surface area contributed by atoms with E-state index in [4.69, 9.17) is 9.97 Å². The van der Waals surface area contributed by atoms with Gasteiger partial charge in [0.15, 0.2) is 0 Å². The van der Waals surface area contributed by atoms with E-state index in [0.717, 1.165) is 23.9 Å². The molecule has 0 aliphatic rings. The fourth-order valence-corrected chi connectivity index (χ4v) is 13.1. The summed E-state index contributed by atoms with van der Waals surface area (Å²) in [6.07, 6.45) is 29.7. The first kappa shape index (κ1) is 40.5. The number of fused-ring (bicyclic) bond motifs is 3. The molecule has 2 nitrogen and oxygen atoms in total. The van der Waals surface area contributed by atoms with Crippen molar-refractivity contribution in [3.05, 3.63) is 42.0 Å². The standard InChI is InChI=1S/C42H58Br2N2S4/c1-5-7-9-11-13-15-17-19-21-23-25-31-27-33(43)47-37(31)41-45-35-29(3)30(4)36-40(39(35)49-41)50-42(46-36)38-32(28-34(44)48-38)26-24-22-20-18-16-14-12-10-8-6-2/h27-28H,5-26H2,1-4H3. The van der Waals surface area contributed by atoms with Crippen LogP contribution in [-0.4, -0.2) is 9.97 Å². The minimum Gasteiger partial charge on any atom is -0.235 e. The average molecular weight is 879 g/mol. The Hall–Kier alpha value is -0.640. The molecule has 1 aromatic carbocycles. The molecule has 5 aromatic rings. The first-order valence-corrected chi connectivity index (χ1v) is 24.5. The molecule has 0 radical (unpaired) electrons. The van der Waals surface area contributed by atoms with Crippen molar-refractivity contribution in [2.45, 2.75) is 169 Å².